The minimum Gasteiger partial charge on any atom is -0.351 e. The Labute approximate surface area is 140 Å². The second-order valence-corrected chi connectivity index (χ2v) is 14.3. The molecule has 6 heteroatoms. The van der Waals surface area contributed by atoms with Gasteiger partial charge in [0.25, 0.3) is 0 Å². The Morgan fingerprint density at radius 1 is 1.50 bits per heavy atom. The monoisotopic (exact) mass is 357 g/mol. The Balaban J connectivity index is 1.78. The number of hydrogen-bond donors (Lipinski definition) is 0. The molecule has 0 aromatic carbocycles. The van der Waals surface area contributed by atoms with Crippen LogP contribution in [0.4, 0.5) is 0 Å². The van der Waals surface area contributed by atoms with E-state index in [0.717, 1.165) is 23.2 Å². The third-order valence-corrected chi connectivity index (χ3v) is 7.24. The van der Waals surface area contributed by atoms with Gasteiger partial charge in [-0.3, -0.25) is 0 Å². The van der Waals surface area contributed by atoms with Crippen LogP contribution >= 0.6 is 47.1 Å². The van der Waals surface area contributed by atoms with Crippen LogP contribution in [0.15, 0.2) is 17.5 Å². The fraction of sp³-hybridized carbons (Fsp3) is 0.500. The van der Waals surface area contributed by atoms with Gasteiger partial charge in [0.15, 0.2) is 0 Å². The molecule has 1 fully saturated rings. The van der Waals surface area contributed by atoms with Crippen LogP contribution in [-0.4, -0.2) is 34.8 Å². The van der Waals surface area contributed by atoms with Crippen LogP contribution in [0.5, 0.6) is 0 Å². The molecular weight excluding hydrogens is 339 g/mol. The highest BCUT2D eigenvalue weighted by atomic mass is 32.2. The molecule has 0 N–H and O–H groups in total. The quantitative estimate of drug-likeness (QED) is 0.442. The second kappa shape index (κ2) is 7.37. The topological polar surface area (TPSA) is 3.24 Å². The third kappa shape index (κ3) is 5.45. The van der Waals surface area contributed by atoms with Gasteiger partial charge >= 0.3 is 0 Å². The van der Waals surface area contributed by atoms with Crippen molar-refractivity contribution in [3.8, 4) is 10.8 Å². The maximum absolute atomic E-state index is 5.48. The zero-order chi connectivity index (χ0) is 14.6. The maximum Gasteiger partial charge on any atom is 0.137 e. The van der Waals surface area contributed by atoms with Crippen molar-refractivity contribution in [2.24, 2.45) is 0 Å². The van der Waals surface area contributed by atoms with Crippen LogP contribution in [0, 0.1) is 10.8 Å². The summed E-state index contributed by atoms with van der Waals surface area (Å²) < 4.78 is 1.04. The fourth-order valence-electron chi connectivity index (χ4n) is 1.70. The van der Waals surface area contributed by atoms with Gasteiger partial charge in [0.2, 0.25) is 0 Å². The molecule has 0 amide bonds. The van der Waals surface area contributed by atoms with Crippen molar-refractivity contribution in [2.75, 3.05) is 12.3 Å². The highest BCUT2D eigenvalue weighted by Crippen LogP contribution is 2.30. The van der Waals surface area contributed by atoms with E-state index in [-0.39, 0.29) is 0 Å². The Kier molecular flexibility index (Phi) is 6.05. The van der Waals surface area contributed by atoms with Crippen LogP contribution in [0.2, 0.25) is 19.6 Å². The molecule has 20 heavy (non-hydrogen) atoms. The number of nitrogens with zero attached hydrogens (tertiary/aromatic N) is 1. The zero-order valence-electron chi connectivity index (χ0n) is 12.0. The predicted molar refractivity (Wildman–Crippen MR) is 102 cm³/mol. The molecule has 1 aliphatic rings. The van der Waals surface area contributed by atoms with E-state index < -0.39 is 8.07 Å². The third-order valence-electron chi connectivity index (χ3n) is 2.64. The largest absolute Gasteiger partial charge is 0.351 e. The molecule has 0 radical (unpaired) electrons. The van der Waals surface area contributed by atoms with Gasteiger partial charge in [0.1, 0.15) is 12.4 Å². The van der Waals surface area contributed by atoms with Crippen molar-refractivity contribution < 1.29 is 0 Å². The molecule has 1 unspecified atom stereocenters. The van der Waals surface area contributed by atoms with Crippen molar-refractivity contribution in [1.29, 1.82) is 0 Å². The minimum atomic E-state index is -1.23. The van der Waals surface area contributed by atoms with Crippen LogP contribution in [0.25, 0.3) is 0 Å². The molecule has 1 aliphatic heterocycles. The van der Waals surface area contributed by atoms with E-state index in [1.807, 2.05) is 11.8 Å². The Bertz CT molecular complexity index is 510. The molecule has 2 rings (SSSR count). The molecular formula is C14H19NS4Si. The van der Waals surface area contributed by atoms with Gasteiger partial charge in [-0.15, -0.1) is 16.9 Å². The van der Waals surface area contributed by atoms with Gasteiger partial charge in [-0.2, -0.15) is 0 Å². The molecule has 1 nitrogen and oxygen atoms in total. The molecule has 0 aliphatic carbocycles. The van der Waals surface area contributed by atoms with Gasteiger partial charge in [-0.05, 0) is 16.7 Å². The first kappa shape index (κ1) is 16.4. The van der Waals surface area contributed by atoms with Gasteiger partial charge < -0.3 is 4.90 Å². The lowest BCUT2D eigenvalue weighted by atomic mass is 10.4. The van der Waals surface area contributed by atoms with Crippen LogP contribution < -0.4 is 0 Å². The molecule has 1 aromatic rings. The zero-order valence-corrected chi connectivity index (χ0v) is 16.3. The summed E-state index contributed by atoms with van der Waals surface area (Å²) in [4.78, 5) is 3.71. The smallest absolute Gasteiger partial charge is 0.137 e. The Morgan fingerprint density at radius 2 is 2.30 bits per heavy atom. The van der Waals surface area contributed by atoms with Crippen molar-refractivity contribution in [3.05, 3.63) is 22.4 Å². The lowest BCUT2D eigenvalue weighted by Gasteiger charge is -2.15. The van der Waals surface area contributed by atoms with Gasteiger partial charge in [-0.1, -0.05) is 61.4 Å². The van der Waals surface area contributed by atoms with E-state index in [9.17, 15) is 0 Å². The average molecular weight is 358 g/mol. The van der Waals surface area contributed by atoms with E-state index >= 15 is 0 Å². The van der Waals surface area contributed by atoms with Gasteiger partial charge in [0, 0.05) is 22.4 Å². The van der Waals surface area contributed by atoms with E-state index in [0.29, 0.717) is 5.25 Å². The highest BCUT2D eigenvalue weighted by Gasteiger charge is 2.27. The summed E-state index contributed by atoms with van der Waals surface area (Å²) in [5.41, 5.74) is 3.40. The predicted octanol–water partition coefficient (Wildman–Crippen LogP) is 4.52. The SMILES string of the molecule is C[Si](C)(C)C#CSCC1CN(Cc2cccs2)C(=S)S1. The summed E-state index contributed by atoms with van der Waals surface area (Å²) in [6, 6.07) is 4.28. The summed E-state index contributed by atoms with van der Waals surface area (Å²) in [5.74, 6) is 1.07. The molecule has 1 atom stereocenters. The second-order valence-electron chi connectivity index (χ2n) is 5.75. The minimum absolute atomic E-state index is 0.586. The Morgan fingerprint density at radius 3 is 2.95 bits per heavy atom. The first-order valence-corrected chi connectivity index (χ1v) is 13.2. The summed E-state index contributed by atoms with van der Waals surface area (Å²) in [6.07, 6.45) is 0. The van der Waals surface area contributed by atoms with Gasteiger partial charge in [-0.25, -0.2) is 0 Å². The first-order chi connectivity index (χ1) is 9.44. The van der Waals surface area contributed by atoms with Crippen molar-refractivity contribution in [2.45, 2.75) is 31.4 Å². The lowest BCUT2D eigenvalue weighted by Crippen LogP contribution is -2.24. The standard InChI is InChI=1S/C14H19NS4Si/c1-20(2,3)8-7-17-11-13-10-15(14(16)19-13)9-12-5-4-6-18-12/h4-6,13H,9-11H2,1-3H3. The van der Waals surface area contributed by atoms with E-state index in [1.54, 1.807) is 23.1 Å². The summed E-state index contributed by atoms with van der Waals surface area (Å²) in [7, 11) is -1.23. The van der Waals surface area contributed by atoms with Gasteiger partial charge in [0.05, 0.1) is 6.54 Å². The average Bonchev–Trinajstić information content (AvgIpc) is 2.95. The van der Waals surface area contributed by atoms with Crippen molar-refractivity contribution >= 4 is 59.5 Å². The van der Waals surface area contributed by atoms with Crippen molar-refractivity contribution in [1.82, 2.24) is 4.90 Å². The van der Waals surface area contributed by atoms with E-state index in [4.69, 9.17) is 12.2 Å². The fourth-order valence-corrected chi connectivity index (χ4v) is 6.16. The summed E-state index contributed by atoms with van der Waals surface area (Å²) in [5, 5.41) is 6.00. The molecule has 1 saturated heterocycles. The van der Waals surface area contributed by atoms with Crippen LogP contribution in [-0.2, 0) is 6.54 Å². The molecule has 0 spiro atoms. The first-order valence-electron chi connectivity index (χ1n) is 6.56. The Hall–Kier alpha value is 0.0669. The highest BCUT2D eigenvalue weighted by molar-refractivity contribution is 8.24. The number of hydrogen-bond acceptors (Lipinski definition) is 4. The molecule has 1 aromatic heterocycles. The molecule has 0 saturated carbocycles. The lowest BCUT2D eigenvalue weighted by molar-refractivity contribution is 0.448. The van der Waals surface area contributed by atoms with E-state index in [1.165, 1.54) is 4.88 Å². The number of rotatable bonds is 4. The number of thioether (sulfide) groups is 2. The number of thiophene rings is 1. The normalized spacial score (nSPS) is 19.1. The number of thiocarbonyl (C=S) groups is 1. The molecule has 0 bridgehead atoms. The summed E-state index contributed by atoms with van der Waals surface area (Å²) >= 11 is 10.9. The molecule has 108 valence electrons. The maximum atomic E-state index is 5.48. The van der Waals surface area contributed by atoms with E-state index in [2.05, 4.69) is 52.8 Å². The summed E-state index contributed by atoms with van der Waals surface area (Å²) in [6.45, 7) is 8.86. The van der Waals surface area contributed by atoms with Crippen LogP contribution in [0.1, 0.15) is 4.88 Å². The van der Waals surface area contributed by atoms with Crippen LogP contribution in [0.3, 0.4) is 0 Å². The molecule has 2 heterocycles. The van der Waals surface area contributed by atoms with Crippen molar-refractivity contribution in [3.63, 3.8) is 0 Å².